The Morgan fingerprint density at radius 2 is 1.59 bits per heavy atom. The standard InChI is InChI=1S/C24H24N4O/c1-27(2)28-20-13-18(16-9-5-3-6-10-16)14-21(29)23(20)22(19(15-25)24(28)26)17-11-7-4-8-12-17/h3-12,18,22H,13-14,26H2,1-2H3/t18-,22-/m1/s1. The molecule has 146 valence electrons. The largest absolute Gasteiger partial charge is 0.383 e. The van der Waals surface area contributed by atoms with E-state index in [4.69, 9.17) is 5.73 Å². The van der Waals surface area contributed by atoms with Crippen molar-refractivity contribution in [2.75, 3.05) is 14.1 Å². The first kappa shape index (κ1) is 19.0. The summed E-state index contributed by atoms with van der Waals surface area (Å²) in [5.41, 5.74) is 10.6. The molecule has 2 atom stereocenters. The van der Waals surface area contributed by atoms with Gasteiger partial charge < -0.3 is 5.73 Å². The molecule has 1 aliphatic carbocycles. The van der Waals surface area contributed by atoms with Crippen LogP contribution in [0.25, 0.3) is 0 Å². The van der Waals surface area contributed by atoms with Crippen molar-refractivity contribution in [2.24, 2.45) is 5.73 Å². The lowest BCUT2D eigenvalue weighted by molar-refractivity contribution is -0.117. The maximum absolute atomic E-state index is 13.5. The summed E-state index contributed by atoms with van der Waals surface area (Å²) in [6.45, 7) is 0. The number of Topliss-reactive ketones (excluding diaryl/α,β-unsaturated/α-hetero) is 1. The van der Waals surface area contributed by atoms with Gasteiger partial charge in [0.15, 0.2) is 5.78 Å². The molecule has 2 aromatic rings. The molecule has 0 aromatic heterocycles. The lowest BCUT2D eigenvalue weighted by Crippen LogP contribution is -2.46. The van der Waals surface area contributed by atoms with Gasteiger partial charge in [-0.2, -0.15) is 5.26 Å². The van der Waals surface area contributed by atoms with Crippen molar-refractivity contribution in [3.05, 3.63) is 94.5 Å². The Balaban J connectivity index is 1.89. The number of nitrogens with zero attached hydrogens (tertiary/aromatic N) is 3. The third kappa shape index (κ3) is 3.22. The highest BCUT2D eigenvalue weighted by Gasteiger charge is 2.43. The minimum absolute atomic E-state index is 0.0843. The first-order valence-corrected chi connectivity index (χ1v) is 9.76. The normalized spacial score (nSPS) is 22.0. The highest BCUT2D eigenvalue weighted by molar-refractivity contribution is 6.00. The van der Waals surface area contributed by atoms with Gasteiger partial charge in [-0.3, -0.25) is 9.80 Å². The fourth-order valence-electron chi connectivity index (χ4n) is 4.51. The molecule has 0 saturated heterocycles. The van der Waals surface area contributed by atoms with E-state index in [1.54, 1.807) is 0 Å². The van der Waals surface area contributed by atoms with E-state index in [-0.39, 0.29) is 11.7 Å². The predicted molar refractivity (Wildman–Crippen MR) is 112 cm³/mol. The number of hydrogen-bond acceptors (Lipinski definition) is 5. The summed E-state index contributed by atoms with van der Waals surface area (Å²) >= 11 is 0. The van der Waals surface area contributed by atoms with Gasteiger partial charge in [0, 0.05) is 31.8 Å². The molecule has 2 N–H and O–H groups in total. The lowest BCUT2D eigenvalue weighted by Gasteiger charge is -2.43. The van der Waals surface area contributed by atoms with E-state index in [0.29, 0.717) is 29.8 Å². The molecule has 0 spiro atoms. The number of hydrogen-bond donors (Lipinski definition) is 1. The molecule has 0 saturated carbocycles. The van der Waals surface area contributed by atoms with E-state index in [0.717, 1.165) is 16.8 Å². The van der Waals surface area contributed by atoms with E-state index in [1.807, 2.05) is 72.6 Å². The summed E-state index contributed by atoms with van der Waals surface area (Å²) in [5, 5.41) is 13.6. The molecule has 2 aliphatic rings. The molecule has 29 heavy (non-hydrogen) atoms. The molecule has 0 amide bonds. The van der Waals surface area contributed by atoms with E-state index < -0.39 is 5.92 Å². The number of hydrazine groups is 1. The van der Waals surface area contributed by atoms with Crippen LogP contribution in [0.1, 0.15) is 35.8 Å². The summed E-state index contributed by atoms with van der Waals surface area (Å²) < 4.78 is 0. The fourth-order valence-corrected chi connectivity index (χ4v) is 4.51. The Morgan fingerprint density at radius 3 is 2.14 bits per heavy atom. The quantitative estimate of drug-likeness (QED) is 0.874. The smallest absolute Gasteiger partial charge is 0.162 e. The Hall–Kier alpha value is -3.36. The maximum atomic E-state index is 13.5. The second kappa shape index (κ2) is 7.57. The molecule has 5 heteroatoms. The van der Waals surface area contributed by atoms with Crippen LogP contribution in [-0.4, -0.2) is 29.9 Å². The molecule has 0 radical (unpaired) electrons. The number of rotatable bonds is 3. The number of ketones is 1. The average Bonchev–Trinajstić information content (AvgIpc) is 2.73. The monoisotopic (exact) mass is 384 g/mol. The predicted octanol–water partition coefficient (Wildman–Crippen LogP) is 3.66. The summed E-state index contributed by atoms with van der Waals surface area (Å²) in [6, 6.07) is 22.1. The van der Waals surface area contributed by atoms with Crippen LogP contribution in [0.15, 0.2) is 83.3 Å². The third-order valence-electron chi connectivity index (χ3n) is 5.74. The topological polar surface area (TPSA) is 73.4 Å². The molecule has 5 nitrogen and oxygen atoms in total. The zero-order valence-corrected chi connectivity index (χ0v) is 16.7. The van der Waals surface area contributed by atoms with Crippen LogP contribution in [0.5, 0.6) is 0 Å². The third-order valence-corrected chi connectivity index (χ3v) is 5.74. The van der Waals surface area contributed by atoms with Crippen molar-refractivity contribution in [3.63, 3.8) is 0 Å². The number of nitrogens with two attached hydrogens (primary N) is 1. The minimum Gasteiger partial charge on any atom is -0.383 e. The van der Waals surface area contributed by atoms with Crippen molar-refractivity contribution in [3.8, 4) is 6.07 Å². The Bertz CT molecular complexity index is 1030. The Morgan fingerprint density at radius 1 is 1.00 bits per heavy atom. The molecule has 1 heterocycles. The summed E-state index contributed by atoms with van der Waals surface area (Å²) in [6.07, 6.45) is 1.14. The zero-order chi connectivity index (χ0) is 20.5. The number of carbonyl (C=O) groups is 1. The SMILES string of the molecule is CN(C)N1C(N)=C(C#N)[C@@H](c2ccccc2)C2=C1C[C@@H](c1ccccc1)CC2=O. The number of carbonyl (C=O) groups excluding carboxylic acids is 1. The van der Waals surface area contributed by atoms with Gasteiger partial charge in [-0.15, -0.1) is 0 Å². The van der Waals surface area contributed by atoms with Crippen LogP contribution < -0.4 is 5.73 Å². The zero-order valence-electron chi connectivity index (χ0n) is 16.7. The molecular formula is C24H24N4O. The van der Waals surface area contributed by atoms with Crippen molar-refractivity contribution in [2.45, 2.75) is 24.7 Å². The van der Waals surface area contributed by atoms with Crippen LogP contribution in [0.3, 0.4) is 0 Å². The van der Waals surface area contributed by atoms with Gasteiger partial charge in [-0.05, 0) is 23.5 Å². The minimum atomic E-state index is -0.420. The van der Waals surface area contributed by atoms with Crippen molar-refractivity contribution in [1.82, 2.24) is 10.0 Å². The molecule has 1 aliphatic heterocycles. The number of nitriles is 1. The van der Waals surface area contributed by atoms with Gasteiger partial charge in [-0.1, -0.05) is 60.7 Å². The Labute approximate surface area is 171 Å². The first-order valence-electron chi connectivity index (χ1n) is 9.76. The highest BCUT2D eigenvalue weighted by atomic mass is 16.1. The van der Waals surface area contributed by atoms with E-state index in [2.05, 4.69) is 18.2 Å². The second-order valence-electron chi connectivity index (χ2n) is 7.71. The number of benzene rings is 2. The maximum Gasteiger partial charge on any atom is 0.162 e. The average molecular weight is 384 g/mol. The highest BCUT2D eigenvalue weighted by Crippen LogP contribution is 2.47. The van der Waals surface area contributed by atoms with Crippen molar-refractivity contribution >= 4 is 5.78 Å². The van der Waals surface area contributed by atoms with E-state index >= 15 is 0 Å². The molecule has 4 rings (SSSR count). The van der Waals surface area contributed by atoms with Gasteiger partial charge in [-0.25, -0.2) is 5.01 Å². The van der Waals surface area contributed by atoms with Crippen LogP contribution in [-0.2, 0) is 4.79 Å². The van der Waals surface area contributed by atoms with Gasteiger partial charge in [0.25, 0.3) is 0 Å². The lowest BCUT2D eigenvalue weighted by atomic mass is 9.72. The summed E-state index contributed by atoms with van der Waals surface area (Å²) in [5.74, 6) is 0.155. The van der Waals surface area contributed by atoms with Crippen molar-refractivity contribution < 1.29 is 4.79 Å². The molecule has 0 fully saturated rings. The number of allylic oxidation sites excluding steroid dienone is 3. The first-order chi connectivity index (χ1) is 14.0. The Kier molecular flexibility index (Phi) is 4.96. The van der Waals surface area contributed by atoms with Crippen LogP contribution in [0.4, 0.5) is 0 Å². The van der Waals surface area contributed by atoms with E-state index in [1.165, 1.54) is 0 Å². The van der Waals surface area contributed by atoms with Gasteiger partial charge >= 0.3 is 0 Å². The van der Waals surface area contributed by atoms with E-state index in [9.17, 15) is 10.1 Å². The van der Waals surface area contributed by atoms with Crippen LogP contribution in [0.2, 0.25) is 0 Å². The molecule has 0 bridgehead atoms. The van der Waals surface area contributed by atoms with Gasteiger partial charge in [0.2, 0.25) is 0 Å². The second-order valence-corrected chi connectivity index (χ2v) is 7.71. The molecule has 0 unspecified atom stereocenters. The van der Waals surface area contributed by atoms with Gasteiger partial charge in [0.1, 0.15) is 5.82 Å². The van der Waals surface area contributed by atoms with Crippen LogP contribution in [0, 0.1) is 11.3 Å². The fraction of sp³-hybridized carbons (Fsp3) is 0.250. The van der Waals surface area contributed by atoms with Crippen molar-refractivity contribution in [1.29, 1.82) is 5.26 Å². The summed E-state index contributed by atoms with van der Waals surface area (Å²) in [7, 11) is 3.76. The van der Waals surface area contributed by atoms with Gasteiger partial charge in [0.05, 0.1) is 17.6 Å². The van der Waals surface area contributed by atoms with Crippen LogP contribution >= 0.6 is 0 Å². The molecule has 2 aromatic carbocycles. The summed E-state index contributed by atoms with van der Waals surface area (Å²) in [4.78, 5) is 13.5. The molecular weight excluding hydrogens is 360 g/mol.